The van der Waals surface area contributed by atoms with E-state index in [0.717, 1.165) is 6.42 Å². The summed E-state index contributed by atoms with van der Waals surface area (Å²) >= 11 is 3.08. The first-order valence-electron chi connectivity index (χ1n) is 5.99. The lowest BCUT2D eigenvalue weighted by Gasteiger charge is -2.04. The van der Waals surface area contributed by atoms with Gasteiger partial charge in [0.05, 0.1) is 4.47 Å². The van der Waals surface area contributed by atoms with Crippen LogP contribution >= 0.6 is 15.9 Å². The minimum Gasteiger partial charge on any atom is -0.383 e. The summed E-state index contributed by atoms with van der Waals surface area (Å²) in [6.45, 7) is 2.41. The van der Waals surface area contributed by atoms with Crippen molar-refractivity contribution in [1.82, 2.24) is 14.7 Å². The van der Waals surface area contributed by atoms with E-state index < -0.39 is 12.3 Å². The molecule has 0 unspecified atom stereocenters. The summed E-state index contributed by atoms with van der Waals surface area (Å²) in [5, 5.41) is 2.65. The zero-order valence-electron chi connectivity index (χ0n) is 10.7. The Hall–Kier alpha value is -1.70. The van der Waals surface area contributed by atoms with Gasteiger partial charge in [0, 0.05) is 18.3 Å². The molecule has 0 atom stereocenters. The van der Waals surface area contributed by atoms with Crippen molar-refractivity contribution in [2.75, 3.05) is 12.3 Å². The van der Waals surface area contributed by atoms with Crippen LogP contribution in [-0.4, -0.2) is 21.8 Å². The number of nitrogens with one attached hydrogen (secondary N) is 1. The van der Waals surface area contributed by atoms with E-state index in [4.69, 9.17) is 5.73 Å². The summed E-state index contributed by atoms with van der Waals surface area (Å²) in [4.78, 5) is 15.9. The van der Waals surface area contributed by atoms with Crippen LogP contribution in [0.5, 0.6) is 0 Å². The van der Waals surface area contributed by atoms with Crippen LogP contribution < -0.4 is 11.1 Å². The molecule has 0 aliphatic heterocycles. The monoisotopic (exact) mass is 346 g/mol. The van der Waals surface area contributed by atoms with E-state index in [1.807, 2.05) is 6.92 Å². The highest BCUT2D eigenvalue weighted by atomic mass is 79.9. The van der Waals surface area contributed by atoms with Crippen LogP contribution in [0.2, 0.25) is 0 Å². The first-order valence-corrected chi connectivity index (χ1v) is 6.79. The summed E-state index contributed by atoms with van der Waals surface area (Å²) in [6.07, 6.45) is -0.483. The van der Waals surface area contributed by atoms with Crippen LogP contribution in [0.1, 0.15) is 35.8 Å². The smallest absolute Gasteiger partial charge is 0.273 e. The standard InChI is InChI=1S/C12H13BrF2N4O/c1-2-4-17-12(20)8-10(16)19-5-3-6(9(14)15)7(13)11(19)18-8/h3,5,9H,2,4,16H2,1H3,(H,17,20). The molecule has 2 rings (SSSR count). The van der Waals surface area contributed by atoms with Gasteiger partial charge in [0.2, 0.25) is 0 Å². The molecular weight excluding hydrogens is 334 g/mol. The van der Waals surface area contributed by atoms with E-state index in [0.29, 0.717) is 6.54 Å². The van der Waals surface area contributed by atoms with Gasteiger partial charge in [-0.1, -0.05) is 6.92 Å². The van der Waals surface area contributed by atoms with Crippen LogP contribution in [-0.2, 0) is 0 Å². The van der Waals surface area contributed by atoms with Gasteiger partial charge in [0.15, 0.2) is 11.3 Å². The molecule has 0 spiro atoms. The fourth-order valence-electron chi connectivity index (χ4n) is 1.77. The predicted octanol–water partition coefficient (Wildman–Crippen LogP) is 2.76. The van der Waals surface area contributed by atoms with E-state index in [1.54, 1.807) is 0 Å². The summed E-state index contributed by atoms with van der Waals surface area (Å²) in [6, 6.07) is 1.24. The van der Waals surface area contributed by atoms with Crippen LogP contribution in [0.15, 0.2) is 16.7 Å². The largest absolute Gasteiger partial charge is 0.383 e. The van der Waals surface area contributed by atoms with E-state index in [2.05, 4.69) is 26.2 Å². The molecule has 0 radical (unpaired) electrons. The Morgan fingerprint density at radius 3 is 2.90 bits per heavy atom. The van der Waals surface area contributed by atoms with Gasteiger partial charge in [-0.3, -0.25) is 9.20 Å². The quantitative estimate of drug-likeness (QED) is 0.893. The van der Waals surface area contributed by atoms with Crippen LogP contribution in [0.3, 0.4) is 0 Å². The Labute approximate surface area is 122 Å². The van der Waals surface area contributed by atoms with Crippen molar-refractivity contribution in [2.24, 2.45) is 0 Å². The van der Waals surface area contributed by atoms with Crippen molar-refractivity contribution in [3.63, 3.8) is 0 Å². The minimum absolute atomic E-state index is 0.0329. The number of nitrogens with zero attached hydrogens (tertiary/aromatic N) is 2. The number of imidazole rings is 1. The number of amides is 1. The molecule has 0 saturated heterocycles. The van der Waals surface area contributed by atoms with E-state index in [1.165, 1.54) is 16.7 Å². The number of hydrogen-bond donors (Lipinski definition) is 2. The molecule has 0 aromatic carbocycles. The molecule has 8 heteroatoms. The Kier molecular flexibility index (Phi) is 4.22. The Morgan fingerprint density at radius 2 is 2.30 bits per heavy atom. The van der Waals surface area contributed by atoms with Crippen molar-refractivity contribution in [3.05, 3.63) is 28.0 Å². The highest BCUT2D eigenvalue weighted by Gasteiger charge is 2.21. The van der Waals surface area contributed by atoms with Crippen molar-refractivity contribution >= 4 is 33.3 Å². The number of halogens is 3. The third kappa shape index (κ3) is 2.47. The molecule has 5 nitrogen and oxygen atoms in total. The number of anilines is 1. The molecule has 2 heterocycles. The summed E-state index contributed by atoms with van der Waals surface area (Å²) in [5.41, 5.74) is 5.88. The maximum absolute atomic E-state index is 12.8. The Balaban J connectivity index is 2.52. The van der Waals surface area contributed by atoms with Crippen molar-refractivity contribution in [1.29, 1.82) is 0 Å². The highest BCUT2D eigenvalue weighted by molar-refractivity contribution is 9.10. The Morgan fingerprint density at radius 1 is 1.60 bits per heavy atom. The lowest BCUT2D eigenvalue weighted by molar-refractivity contribution is 0.0950. The molecule has 3 N–H and O–H groups in total. The molecule has 0 bridgehead atoms. The Bertz CT molecular complexity index is 656. The molecule has 0 aliphatic rings. The van der Waals surface area contributed by atoms with Crippen LogP contribution in [0, 0.1) is 0 Å². The normalized spacial score (nSPS) is 11.2. The van der Waals surface area contributed by atoms with Gasteiger partial charge in [-0.05, 0) is 28.4 Å². The van der Waals surface area contributed by atoms with Gasteiger partial charge in [0.25, 0.3) is 12.3 Å². The average molecular weight is 347 g/mol. The minimum atomic E-state index is -2.63. The summed E-state index contributed by atoms with van der Waals surface area (Å²) in [5.74, 6) is -0.298. The third-order valence-electron chi connectivity index (χ3n) is 2.79. The van der Waals surface area contributed by atoms with Crippen molar-refractivity contribution in [3.8, 4) is 0 Å². The van der Waals surface area contributed by atoms with Gasteiger partial charge in [0.1, 0.15) is 5.82 Å². The number of carbonyl (C=O) groups excluding carboxylic acids is 1. The zero-order chi connectivity index (χ0) is 14.9. The number of nitrogens with two attached hydrogens (primary N) is 1. The molecule has 20 heavy (non-hydrogen) atoms. The molecule has 0 aliphatic carbocycles. The van der Waals surface area contributed by atoms with Crippen LogP contribution in [0.4, 0.5) is 14.6 Å². The zero-order valence-corrected chi connectivity index (χ0v) is 12.2. The third-order valence-corrected chi connectivity index (χ3v) is 3.60. The molecule has 0 fully saturated rings. The first kappa shape index (κ1) is 14.7. The second kappa shape index (κ2) is 5.74. The van der Waals surface area contributed by atoms with Gasteiger partial charge >= 0.3 is 0 Å². The number of alkyl halides is 2. The number of aromatic nitrogens is 2. The number of pyridine rings is 1. The van der Waals surface area contributed by atoms with E-state index in [9.17, 15) is 13.6 Å². The lowest BCUT2D eigenvalue weighted by Crippen LogP contribution is -2.25. The van der Waals surface area contributed by atoms with E-state index >= 15 is 0 Å². The first-order chi connectivity index (χ1) is 9.47. The van der Waals surface area contributed by atoms with Crippen LogP contribution in [0.25, 0.3) is 5.65 Å². The number of hydrogen-bond acceptors (Lipinski definition) is 3. The second-order valence-electron chi connectivity index (χ2n) is 4.18. The molecule has 108 valence electrons. The molecule has 2 aromatic rings. The van der Waals surface area contributed by atoms with Gasteiger partial charge in [-0.15, -0.1) is 0 Å². The molecular formula is C12H13BrF2N4O. The number of fused-ring (bicyclic) bond motifs is 1. The highest BCUT2D eigenvalue weighted by Crippen LogP contribution is 2.31. The van der Waals surface area contributed by atoms with Gasteiger partial charge in [-0.25, -0.2) is 13.8 Å². The van der Waals surface area contributed by atoms with E-state index in [-0.39, 0.29) is 27.2 Å². The predicted molar refractivity (Wildman–Crippen MR) is 74.9 cm³/mol. The molecule has 1 amide bonds. The van der Waals surface area contributed by atoms with Crippen molar-refractivity contribution in [2.45, 2.75) is 19.8 Å². The topological polar surface area (TPSA) is 72.4 Å². The summed E-state index contributed by atoms with van der Waals surface area (Å²) < 4.78 is 27.2. The van der Waals surface area contributed by atoms with Crippen molar-refractivity contribution < 1.29 is 13.6 Å². The fourth-order valence-corrected chi connectivity index (χ4v) is 2.35. The lowest BCUT2D eigenvalue weighted by atomic mass is 10.3. The second-order valence-corrected chi connectivity index (χ2v) is 4.97. The maximum Gasteiger partial charge on any atom is 0.273 e. The average Bonchev–Trinajstić information content (AvgIpc) is 2.75. The molecule has 2 aromatic heterocycles. The number of nitrogen functional groups attached to an aromatic ring is 1. The maximum atomic E-state index is 12.8. The fraction of sp³-hybridized carbons (Fsp3) is 0.333. The van der Waals surface area contributed by atoms with Gasteiger partial charge in [-0.2, -0.15) is 0 Å². The molecule has 0 saturated carbocycles. The summed E-state index contributed by atoms with van der Waals surface area (Å²) in [7, 11) is 0. The van der Waals surface area contributed by atoms with Gasteiger partial charge < -0.3 is 11.1 Å². The SMILES string of the molecule is CCCNC(=O)c1nc2c(Br)c(C(F)F)ccn2c1N. The number of carbonyl (C=O) groups is 1. The number of rotatable bonds is 4.